The second-order valence-corrected chi connectivity index (χ2v) is 6.50. The second kappa shape index (κ2) is 7.24. The summed E-state index contributed by atoms with van der Waals surface area (Å²) in [5.41, 5.74) is 2.86. The lowest BCUT2D eigenvalue weighted by Crippen LogP contribution is -2.34. The van der Waals surface area contributed by atoms with Crippen LogP contribution in [0.15, 0.2) is 24.3 Å². The number of benzene rings is 1. The molecule has 1 aliphatic carbocycles. The number of hydrogen-bond acceptors (Lipinski definition) is 2. The molecule has 0 amide bonds. The minimum absolute atomic E-state index is 0.460. The Hall–Kier alpha value is -0.860. The molecule has 2 rings (SSSR count). The highest BCUT2D eigenvalue weighted by Crippen LogP contribution is 2.27. The maximum absolute atomic E-state index is 3.71. The summed E-state index contributed by atoms with van der Waals surface area (Å²) in [7, 11) is 2.26. The van der Waals surface area contributed by atoms with E-state index in [4.69, 9.17) is 0 Å². The molecule has 0 saturated heterocycles. The SMILES string of the molecule is CCCNC(CN(C)C1CC1)c1ccc(C(C)C)cc1. The fourth-order valence-electron chi connectivity index (χ4n) is 2.67. The smallest absolute Gasteiger partial charge is 0.0449 e. The first-order chi connectivity index (χ1) is 9.61. The average Bonchev–Trinajstić information content (AvgIpc) is 3.28. The standard InChI is InChI=1S/C18H30N2/c1-5-12-19-18(13-20(4)17-10-11-17)16-8-6-15(7-9-16)14(2)3/h6-9,14,17-19H,5,10-13H2,1-4H3. The molecule has 1 saturated carbocycles. The molecule has 112 valence electrons. The maximum atomic E-state index is 3.71. The molecule has 1 aromatic rings. The molecule has 2 heteroatoms. The van der Waals surface area contributed by atoms with Gasteiger partial charge in [0.1, 0.15) is 0 Å². The van der Waals surface area contributed by atoms with Gasteiger partial charge in [0.2, 0.25) is 0 Å². The molecule has 1 unspecified atom stereocenters. The molecule has 0 spiro atoms. The summed E-state index contributed by atoms with van der Waals surface area (Å²) in [5, 5.41) is 3.71. The average molecular weight is 274 g/mol. The molecule has 1 aromatic carbocycles. The Morgan fingerprint density at radius 2 is 1.75 bits per heavy atom. The molecule has 0 radical (unpaired) electrons. The van der Waals surface area contributed by atoms with E-state index in [1.165, 1.54) is 30.4 Å². The number of rotatable bonds is 8. The lowest BCUT2D eigenvalue weighted by atomic mass is 9.98. The Labute approximate surface area is 124 Å². The predicted octanol–water partition coefficient (Wildman–Crippen LogP) is 3.94. The highest BCUT2D eigenvalue weighted by molar-refractivity contribution is 5.27. The van der Waals surface area contributed by atoms with Gasteiger partial charge in [-0.3, -0.25) is 0 Å². The Balaban J connectivity index is 2.03. The van der Waals surface area contributed by atoms with Crippen molar-refractivity contribution in [1.29, 1.82) is 0 Å². The highest BCUT2D eigenvalue weighted by atomic mass is 15.2. The van der Waals surface area contributed by atoms with Gasteiger partial charge in [0.15, 0.2) is 0 Å². The van der Waals surface area contributed by atoms with Crippen molar-refractivity contribution < 1.29 is 0 Å². The topological polar surface area (TPSA) is 15.3 Å². The van der Waals surface area contributed by atoms with Crippen molar-refractivity contribution in [2.24, 2.45) is 0 Å². The number of likely N-dealkylation sites (N-methyl/N-ethyl adjacent to an activating group) is 1. The van der Waals surface area contributed by atoms with Crippen LogP contribution in [0.5, 0.6) is 0 Å². The molecule has 1 aliphatic rings. The van der Waals surface area contributed by atoms with Crippen molar-refractivity contribution in [2.45, 2.75) is 58.0 Å². The Kier molecular flexibility index (Phi) is 5.62. The summed E-state index contributed by atoms with van der Waals surface area (Å²) in [6.07, 6.45) is 3.94. The first-order valence-corrected chi connectivity index (χ1v) is 8.15. The van der Waals surface area contributed by atoms with Gasteiger partial charge in [-0.1, -0.05) is 45.0 Å². The van der Waals surface area contributed by atoms with Crippen molar-refractivity contribution in [3.05, 3.63) is 35.4 Å². The zero-order valence-electron chi connectivity index (χ0n) is 13.5. The predicted molar refractivity (Wildman–Crippen MR) is 87.2 cm³/mol. The van der Waals surface area contributed by atoms with Crippen LogP contribution in [0.4, 0.5) is 0 Å². The monoisotopic (exact) mass is 274 g/mol. The third kappa shape index (κ3) is 4.32. The zero-order valence-corrected chi connectivity index (χ0v) is 13.5. The molecule has 20 heavy (non-hydrogen) atoms. The van der Waals surface area contributed by atoms with E-state index >= 15 is 0 Å². The molecule has 1 atom stereocenters. The molecule has 1 fully saturated rings. The van der Waals surface area contributed by atoms with E-state index in [2.05, 4.69) is 62.3 Å². The quantitative estimate of drug-likeness (QED) is 0.772. The Morgan fingerprint density at radius 3 is 2.25 bits per heavy atom. The Bertz CT molecular complexity index is 392. The zero-order chi connectivity index (χ0) is 14.5. The van der Waals surface area contributed by atoms with Gasteiger partial charge in [0, 0.05) is 18.6 Å². The van der Waals surface area contributed by atoms with E-state index in [9.17, 15) is 0 Å². The summed E-state index contributed by atoms with van der Waals surface area (Å²) in [5.74, 6) is 0.611. The van der Waals surface area contributed by atoms with Gasteiger partial charge in [-0.15, -0.1) is 0 Å². The highest BCUT2D eigenvalue weighted by Gasteiger charge is 2.27. The number of hydrogen-bond donors (Lipinski definition) is 1. The molecule has 1 N–H and O–H groups in total. The van der Waals surface area contributed by atoms with Gasteiger partial charge in [-0.25, -0.2) is 0 Å². The summed E-state index contributed by atoms with van der Waals surface area (Å²) in [4.78, 5) is 2.52. The molecule has 2 nitrogen and oxygen atoms in total. The summed E-state index contributed by atoms with van der Waals surface area (Å²) >= 11 is 0. The first-order valence-electron chi connectivity index (χ1n) is 8.15. The van der Waals surface area contributed by atoms with Crippen LogP contribution in [-0.2, 0) is 0 Å². The molecule has 0 aromatic heterocycles. The van der Waals surface area contributed by atoms with Crippen LogP contribution in [0.3, 0.4) is 0 Å². The molecular weight excluding hydrogens is 244 g/mol. The lowest BCUT2D eigenvalue weighted by Gasteiger charge is -2.25. The van der Waals surface area contributed by atoms with Crippen LogP contribution < -0.4 is 5.32 Å². The van der Waals surface area contributed by atoms with E-state index in [-0.39, 0.29) is 0 Å². The van der Waals surface area contributed by atoms with E-state index in [0.29, 0.717) is 12.0 Å². The summed E-state index contributed by atoms with van der Waals surface area (Å²) in [6, 6.07) is 10.5. The fraction of sp³-hybridized carbons (Fsp3) is 0.667. The van der Waals surface area contributed by atoms with Crippen molar-refractivity contribution in [2.75, 3.05) is 20.1 Å². The molecular formula is C18H30N2. The molecule has 0 bridgehead atoms. The third-order valence-corrected chi connectivity index (χ3v) is 4.29. The van der Waals surface area contributed by atoms with Crippen LogP contribution in [0.2, 0.25) is 0 Å². The minimum atomic E-state index is 0.460. The van der Waals surface area contributed by atoms with E-state index in [0.717, 1.165) is 19.1 Å². The van der Waals surface area contributed by atoms with Gasteiger partial charge in [0.25, 0.3) is 0 Å². The summed E-state index contributed by atoms with van der Waals surface area (Å²) in [6.45, 7) is 8.95. The van der Waals surface area contributed by atoms with Crippen LogP contribution in [0, 0.1) is 0 Å². The fourth-order valence-corrected chi connectivity index (χ4v) is 2.67. The van der Waals surface area contributed by atoms with Crippen molar-refractivity contribution in [3.8, 4) is 0 Å². The second-order valence-electron chi connectivity index (χ2n) is 6.50. The van der Waals surface area contributed by atoms with Gasteiger partial charge >= 0.3 is 0 Å². The van der Waals surface area contributed by atoms with Crippen LogP contribution in [0.1, 0.15) is 63.1 Å². The molecule has 0 heterocycles. The molecule has 0 aliphatic heterocycles. The van der Waals surface area contributed by atoms with Crippen molar-refractivity contribution in [3.63, 3.8) is 0 Å². The first kappa shape index (κ1) is 15.5. The minimum Gasteiger partial charge on any atom is -0.309 e. The van der Waals surface area contributed by atoms with Crippen LogP contribution in [-0.4, -0.2) is 31.1 Å². The summed E-state index contributed by atoms with van der Waals surface area (Å²) < 4.78 is 0. The van der Waals surface area contributed by atoms with Crippen molar-refractivity contribution in [1.82, 2.24) is 10.2 Å². The van der Waals surface area contributed by atoms with E-state index < -0.39 is 0 Å². The van der Waals surface area contributed by atoms with Gasteiger partial charge in [-0.05, 0) is 49.9 Å². The van der Waals surface area contributed by atoms with Crippen LogP contribution in [0.25, 0.3) is 0 Å². The van der Waals surface area contributed by atoms with Gasteiger partial charge in [0.05, 0.1) is 0 Å². The number of nitrogens with zero attached hydrogens (tertiary/aromatic N) is 1. The van der Waals surface area contributed by atoms with E-state index in [1.807, 2.05) is 0 Å². The normalized spacial score (nSPS) is 16.9. The third-order valence-electron chi connectivity index (χ3n) is 4.29. The van der Waals surface area contributed by atoms with E-state index in [1.54, 1.807) is 0 Å². The van der Waals surface area contributed by atoms with Gasteiger partial charge in [-0.2, -0.15) is 0 Å². The van der Waals surface area contributed by atoms with Crippen LogP contribution >= 0.6 is 0 Å². The number of nitrogens with one attached hydrogen (secondary N) is 1. The largest absolute Gasteiger partial charge is 0.309 e. The Morgan fingerprint density at radius 1 is 1.15 bits per heavy atom. The van der Waals surface area contributed by atoms with Gasteiger partial charge < -0.3 is 10.2 Å². The maximum Gasteiger partial charge on any atom is 0.0449 e. The van der Waals surface area contributed by atoms with Crippen molar-refractivity contribution >= 4 is 0 Å². The lowest BCUT2D eigenvalue weighted by molar-refractivity contribution is 0.281.